The second-order valence-corrected chi connectivity index (χ2v) is 8.10. The largest absolute Gasteiger partial charge is 0.454 e. The second-order valence-electron chi connectivity index (χ2n) is 8.10. The van der Waals surface area contributed by atoms with Crippen LogP contribution in [0.1, 0.15) is 50.5 Å². The molecule has 6 nitrogen and oxygen atoms in total. The SMILES string of the molecule is CN(Cc1ccc2c(c1)OCO2)C(=O)NC1CCN(C2CCCCC2)CC1. The number of ether oxygens (including phenoxy) is 2. The summed E-state index contributed by atoms with van der Waals surface area (Å²) >= 11 is 0. The van der Waals surface area contributed by atoms with Gasteiger partial charge in [0.05, 0.1) is 0 Å². The molecule has 2 fully saturated rings. The first-order chi connectivity index (χ1) is 13.2. The van der Waals surface area contributed by atoms with E-state index in [1.54, 1.807) is 4.90 Å². The number of piperidine rings is 1. The summed E-state index contributed by atoms with van der Waals surface area (Å²) < 4.78 is 10.8. The molecule has 0 unspecified atom stereocenters. The van der Waals surface area contributed by atoms with Crippen LogP contribution in [0.5, 0.6) is 11.5 Å². The van der Waals surface area contributed by atoms with Gasteiger partial charge >= 0.3 is 6.03 Å². The van der Waals surface area contributed by atoms with Crippen molar-refractivity contribution in [2.75, 3.05) is 26.9 Å². The fourth-order valence-electron chi connectivity index (χ4n) is 4.52. The lowest BCUT2D eigenvalue weighted by Gasteiger charge is -2.39. The molecule has 0 atom stereocenters. The van der Waals surface area contributed by atoms with Crippen LogP contribution >= 0.6 is 0 Å². The molecular weight excluding hydrogens is 342 g/mol. The average Bonchev–Trinajstić information content (AvgIpc) is 3.17. The highest BCUT2D eigenvalue weighted by Crippen LogP contribution is 2.32. The number of amides is 2. The number of fused-ring (bicyclic) bond motifs is 1. The van der Waals surface area contributed by atoms with Crippen molar-refractivity contribution in [2.45, 2.75) is 63.6 Å². The van der Waals surface area contributed by atoms with Gasteiger partial charge in [-0.3, -0.25) is 0 Å². The Labute approximate surface area is 161 Å². The maximum Gasteiger partial charge on any atom is 0.317 e. The fraction of sp³-hybridized carbons (Fsp3) is 0.667. The fourth-order valence-corrected chi connectivity index (χ4v) is 4.52. The highest BCUT2D eigenvalue weighted by Gasteiger charge is 2.27. The smallest absolute Gasteiger partial charge is 0.317 e. The Hall–Kier alpha value is -1.95. The van der Waals surface area contributed by atoms with Crippen molar-refractivity contribution < 1.29 is 14.3 Å². The number of likely N-dealkylation sites (tertiary alicyclic amines) is 1. The molecule has 0 aromatic heterocycles. The Kier molecular flexibility index (Phi) is 5.72. The third-order valence-electron chi connectivity index (χ3n) is 6.15. The summed E-state index contributed by atoms with van der Waals surface area (Å²) in [4.78, 5) is 17.0. The Morgan fingerprint density at radius 1 is 1.11 bits per heavy atom. The molecule has 6 heteroatoms. The van der Waals surface area contributed by atoms with Gasteiger partial charge < -0.3 is 24.6 Å². The van der Waals surface area contributed by atoms with Crippen LogP contribution in [0.2, 0.25) is 0 Å². The molecule has 2 aliphatic heterocycles. The van der Waals surface area contributed by atoms with Gasteiger partial charge in [0.2, 0.25) is 6.79 Å². The molecule has 1 saturated heterocycles. The minimum atomic E-state index is 0.00350. The summed E-state index contributed by atoms with van der Waals surface area (Å²) in [5.41, 5.74) is 1.05. The zero-order valence-electron chi connectivity index (χ0n) is 16.3. The van der Waals surface area contributed by atoms with Crippen LogP contribution in [0.3, 0.4) is 0 Å². The number of carbonyl (C=O) groups excluding carboxylic acids is 1. The zero-order chi connectivity index (χ0) is 18.6. The molecule has 2 amide bonds. The minimum absolute atomic E-state index is 0.00350. The first-order valence-electron chi connectivity index (χ1n) is 10.3. The van der Waals surface area contributed by atoms with Crippen molar-refractivity contribution in [3.63, 3.8) is 0 Å². The molecule has 27 heavy (non-hydrogen) atoms. The van der Waals surface area contributed by atoms with Crippen molar-refractivity contribution in [1.29, 1.82) is 0 Å². The number of nitrogens with one attached hydrogen (secondary N) is 1. The van der Waals surface area contributed by atoms with Gasteiger partial charge in [-0.2, -0.15) is 0 Å². The van der Waals surface area contributed by atoms with E-state index in [-0.39, 0.29) is 18.9 Å². The Bertz CT molecular complexity index is 652. The van der Waals surface area contributed by atoms with Crippen LogP contribution in [0.4, 0.5) is 4.79 Å². The van der Waals surface area contributed by atoms with Crippen molar-refractivity contribution in [2.24, 2.45) is 0 Å². The first-order valence-corrected chi connectivity index (χ1v) is 10.3. The van der Waals surface area contributed by atoms with Crippen LogP contribution in [-0.2, 0) is 6.54 Å². The number of rotatable bonds is 4. The second kappa shape index (κ2) is 8.38. The molecule has 3 aliphatic rings. The topological polar surface area (TPSA) is 54.0 Å². The van der Waals surface area contributed by atoms with E-state index >= 15 is 0 Å². The lowest BCUT2D eigenvalue weighted by atomic mass is 9.92. The van der Waals surface area contributed by atoms with Crippen LogP contribution in [0, 0.1) is 0 Å². The van der Waals surface area contributed by atoms with Crippen LogP contribution in [0.25, 0.3) is 0 Å². The van der Waals surface area contributed by atoms with Crippen LogP contribution < -0.4 is 14.8 Å². The van der Waals surface area contributed by atoms with Crippen molar-refractivity contribution in [3.05, 3.63) is 23.8 Å². The molecular formula is C21H31N3O3. The predicted molar refractivity (Wildman–Crippen MR) is 104 cm³/mol. The van der Waals surface area contributed by atoms with E-state index in [9.17, 15) is 4.79 Å². The maximum absolute atomic E-state index is 12.6. The third kappa shape index (κ3) is 4.49. The number of hydrogen-bond donors (Lipinski definition) is 1. The van der Waals surface area contributed by atoms with E-state index in [1.807, 2.05) is 25.2 Å². The van der Waals surface area contributed by atoms with Crippen LogP contribution in [-0.4, -0.2) is 54.8 Å². The molecule has 148 valence electrons. The van der Waals surface area contributed by atoms with E-state index in [0.717, 1.165) is 49.0 Å². The summed E-state index contributed by atoms with van der Waals surface area (Å²) in [6.45, 7) is 3.06. The molecule has 0 spiro atoms. The van der Waals surface area contributed by atoms with Gasteiger partial charge in [0.25, 0.3) is 0 Å². The van der Waals surface area contributed by atoms with Crippen molar-refractivity contribution in [3.8, 4) is 11.5 Å². The highest BCUT2D eigenvalue weighted by molar-refractivity contribution is 5.74. The third-order valence-corrected chi connectivity index (χ3v) is 6.15. The lowest BCUT2D eigenvalue weighted by molar-refractivity contribution is 0.115. The summed E-state index contributed by atoms with van der Waals surface area (Å²) in [5, 5.41) is 3.22. The monoisotopic (exact) mass is 373 g/mol. The van der Waals surface area contributed by atoms with Gasteiger partial charge in [-0.15, -0.1) is 0 Å². The molecule has 2 heterocycles. The summed E-state index contributed by atoms with van der Waals surface area (Å²) in [6, 6.07) is 6.92. The van der Waals surface area contributed by atoms with E-state index < -0.39 is 0 Å². The van der Waals surface area contributed by atoms with Crippen molar-refractivity contribution in [1.82, 2.24) is 15.1 Å². The van der Waals surface area contributed by atoms with E-state index in [2.05, 4.69) is 10.2 Å². The van der Waals surface area contributed by atoms with Gasteiger partial charge in [-0.05, 0) is 43.4 Å². The minimum Gasteiger partial charge on any atom is -0.454 e. The number of nitrogens with zero attached hydrogens (tertiary/aromatic N) is 2. The molecule has 4 rings (SSSR count). The van der Waals surface area contributed by atoms with Crippen LogP contribution in [0.15, 0.2) is 18.2 Å². The number of carbonyl (C=O) groups is 1. The average molecular weight is 373 g/mol. The molecule has 0 bridgehead atoms. The summed E-state index contributed by atoms with van der Waals surface area (Å²) in [6.07, 6.45) is 8.99. The van der Waals surface area contributed by atoms with E-state index in [0.29, 0.717) is 6.54 Å². The number of urea groups is 1. The van der Waals surface area contributed by atoms with Crippen molar-refractivity contribution >= 4 is 6.03 Å². The summed E-state index contributed by atoms with van der Waals surface area (Å²) in [5.74, 6) is 1.53. The van der Waals surface area contributed by atoms with E-state index in [1.165, 1.54) is 32.1 Å². The Morgan fingerprint density at radius 2 is 1.85 bits per heavy atom. The Balaban J connectivity index is 1.23. The normalized spacial score (nSPS) is 21.2. The Morgan fingerprint density at radius 3 is 2.63 bits per heavy atom. The van der Waals surface area contributed by atoms with E-state index in [4.69, 9.17) is 9.47 Å². The molecule has 1 aliphatic carbocycles. The first kappa shape index (κ1) is 18.4. The van der Waals surface area contributed by atoms with Gasteiger partial charge in [-0.1, -0.05) is 25.3 Å². The highest BCUT2D eigenvalue weighted by atomic mass is 16.7. The quantitative estimate of drug-likeness (QED) is 0.879. The molecule has 1 aromatic carbocycles. The lowest BCUT2D eigenvalue weighted by Crippen LogP contribution is -2.50. The number of benzene rings is 1. The number of hydrogen-bond acceptors (Lipinski definition) is 4. The predicted octanol–water partition coefficient (Wildman–Crippen LogP) is 3.35. The standard InChI is InChI=1S/C21H31N3O3/c1-23(14-16-7-8-19-20(13-16)27-15-26-19)21(25)22-17-9-11-24(12-10-17)18-5-3-2-4-6-18/h7-8,13,17-18H,2-6,9-12,14-15H2,1H3,(H,22,25). The van der Waals surface area contributed by atoms with Gasteiger partial charge in [0.15, 0.2) is 11.5 Å². The van der Waals surface area contributed by atoms with Gasteiger partial charge in [0, 0.05) is 38.8 Å². The van der Waals surface area contributed by atoms with Gasteiger partial charge in [0.1, 0.15) is 0 Å². The summed E-state index contributed by atoms with van der Waals surface area (Å²) in [7, 11) is 1.84. The molecule has 1 saturated carbocycles. The zero-order valence-corrected chi connectivity index (χ0v) is 16.3. The van der Waals surface area contributed by atoms with Gasteiger partial charge in [-0.25, -0.2) is 4.79 Å². The molecule has 0 radical (unpaired) electrons. The molecule has 1 N–H and O–H groups in total. The molecule has 1 aromatic rings. The maximum atomic E-state index is 12.6.